The van der Waals surface area contributed by atoms with Gasteiger partial charge in [-0.3, -0.25) is 19.8 Å². The van der Waals surface area contributed by atoms with Crippen molar-refractivity contribution in [2.24, 2.45) is 7.05 Å². The molecule has 0 atom stereocenters. The third kappa shape index (κ3) is 3.63. The summed E-state index contributed by atoms with van der Waals surface area (Å²) in [6.45, 7) is 0. The predicted octanol–water partition coefficient (Wildman–Crippen LogP) is 3.87. The van der Waals surface area contributed by atoms with E-state index >= 15 is 0 Å². The zero-order chi connectivity index (χ0) is 19.5. The molecule has 8 heteroatoms. The van der Waals surface area contributed by atoms with Gasteiger partial charge in [0, 0.05) is 35.9 Å². The molecule has 1 aromatic carbocycles. The SMILES string of the molecule is COc1ccc(-c2cc(C(=O)Nc3nc(-c4cccnc4)cs3)n(C)n2)cc1. The molecule has 3 heterocycles. The molecule has 0 fully saturated rings. The van der Waals surface area contributed by atoms with Gasteiger partial charge < -0.3 is 4.74 Å². The van der Waals surface area contributed by atoms with Gasteiger partial charge >= 0.3 is 0 Å². The van der Waals surface area contributed by atoms with Crippen LogP contribution >= 0.6 is 11.3 Å². The van der Waals surface area contributed by atoms with Crippen LogP contribution in [0.1, 0.15) is 10.5 Å². The van der Waals surface area contributed by atoms with Gasteiger partial charge in [-0.05, 0) is 42.5 Å². The smallest absolute Gasteiger partial charge is 0.275 e. The summed E-state index contributed by atoms with van der Waals surface area (Å²) in [6.07, 6.45) is 3.45. The fraction of sp³-hybridized carbons (Fsp3) is 0.100. The van der Waals surface area contributed by atoms with Crippen molar-refractivity contribution in [3.63, 3.8) is 0 Å². The molecule has 3 aromatic heterocycles. The number of rotatable bonds is 5. The Labute approximate surface area is 165 Å². The number of pyridine rings is 1. The number of carbonyl (C=O) groups excluding carboxylic acids is 1. The highest BCUT2D eigenvalue weighted by Gasteiger charge is 2.16. The van der Waals surface area contributed by atoms with Crippen LogP contribution in [0.4, 0.5) is 5.13 Å². The number of amides is 1. The molecule has 0 radical (unpaired) electrons. The van der Waals surface area contributed by atoms with Crippen LogP contribution in [0, 0.1) is 0 Å². The zero-order valence-electron chi connectivity index (χ0n) is 15.3. The first-order valence-electron chi connectivity index (χ1n) is 8.50. The Balaban J connectivity index is 1.52. The maximum absolute atomic E-state index is 12.7. The predicted molar refractivity (Wildman–Crippen MR) is 108 cm³/mol. The van der Waals surface area contributed by atoms with Gasteiger partial charge in [-0.2, -0.15) is 5.10 Å². The van der Waals surface area contributed by atoms with Gasteiger partial charge in [0.2, 0.25) is 0 Å². The van der Waals surface area contributed by atoms with E-state index in [1.165, 1.54) is 11.3 Å². The number of carbonyl (C=O) groups is 1. The van der Waals surface area contributed by atoms with Crippen LogP contribution in [0.2, 0.25) is 0 Å². The van der Waals surface area contributed by atoms with Crippen molar-refractivity contribution in [3.05, 3.63) is 65.9 Å². The second-order valence-electron chi connectivity index (χ2n) is 6.00. The van der Waals surface area contributed by atoms with E-state index in [9.17, 15) is 4.79 Å². The van der Waals surface area contributed by atoms with Crippen molar-refractivity contribution in [1.82, 2.24) is 19.7 Å². The first-order chi connectivity index (χ1) is 13.6. The molecule has 0 saturated carbocycles. The van der Waals surface area contributed by atoms with Crippen LogP contribution in [0.3, 0.4) is 0 Å². The van der Waals surface area contributed by atoms with Crippen molar-refractivity contribution >= 4 is 22.4 Å². The topological polar surface area (TPSA) is 81.9 Å². The van der Waals surface area contributed by atoms with Crippen LogP contribution < -0.4 is 10.1 Å². The summed E-state index contributed by atoms with van der Waals surface area (Å²) in [5.41, 5.74) is 3.75. The quantitative estimate of drug-likeness (QED) is 0.558. The van der Waals surface area contributed by atoms with Crippen molar-refractivity contribution in [2.45, 2.75) is 0 Å². The lowest BCUT2D eigenvalue weighted by Crippen LogP contribution is -2.15. The van der Waals surface area contributed by atoms with Gasteiger partial charge in [0.15, 0.2) is 5.13 Å². The molecular formula is C20H17N5O2S. The summed E-state index contributed by atoms with van der Waals surface area (Å²) in [6, 6.07) is 13.1. The number of aromatic nitrogens is 4. The third-order valence-electron chi connectivity index (χ3n) is 4.18. The number of ether oxygens (including phenoxy) is 1. The van der Waals surface area contributed by atoms with Crippen molar-refractivity contribution in [2.75, 3.05) is 12.4 Å². The molecule has 4 aromatic rings. The fourth-order valence-electron chi connectivity index (χ4n) is 2.72. The molecule has 4 rings (SSSR count). The summed E-state index contributed by atoms with van der Waals surface area (Å²) in [5, 5.41) is 9.69. The number of nitrogens with zero attached hydrogens (tertiary/aromatic N) is 4. The van der Waals surface area contributed by atoms with Gasteiger partial charge in [0.05, 0.1) is 18.5 Å². The molecule has 0 aliphatic rings. The number of hydrogen-bond acceptors (Lipinski definition) is 6. The van der Waals surface area contributed by atoms with E-state index in [0.29, 0.717) is 16.5 Å². The first kappa shape index (κ1) is 17.9. The first-order valence-corrected chi connectivity index (χ1v) is 9.38. The maximum Gasteiger partial charge on any atom is 0.275 e. The van der Waals surface area contributed by atoms with E-state index in [4.69, 9.17) is 4.74 Å². The number of nitrogens with one attached hydrogen (secondary N) is 1. The van der Waals surface area contributed by atoms with Crippen LogP contribution in [0.5, 0.6) is 5.75 Å². The normalized spacial score (nSPS) is 10.6. The van der Waals surface area contributed by atoms with Crippen molar-refractivity contribution in [1.29, 1.82) is 0 Å². The Kier molecular flexibility index (Phi) is 4.86. The molecule has 0 unspecified atom stereocenters. The van der Waals surface area contributed by atoms with Crippen molar-refractivity contribution < 1.29 is 9.53 Å². The number of methoxy groups -OCH3 is 1. The van der Waals surface area contributed by atoms with Crippen LogP contribution in [0.15, 0.2) is 60.2 Å². The number of hydrogen-bond donors (Lipinski definition) is 1. The second-order valence-corrected chi connectivity index (χ2v) is 6.86. The van der Waals surface area contributed by atoms with E-state index in [2.05, 4.69) is 20.4 Å². The Hall–Kier alpha value is -3.52. The molecule has 0 bridgehead atoms. The van der Waals surface area contributed by atoms with E-state index in [-0.39, 0.29) is 5.91 Å². The molecule has 0 spiro atoms. The highest BCUT2D eigenvalue weighted by molar-refractivity contribution is 7.14. The van der Waals surface area contributed by atoms with Crippen LogP contribution in [-0.4, -0.2) is 32.8 Å². The Morgan fingerprint density at radius 3 is 2.68 bits per heavy atom. The third-order valence-corrected chi connectivity index (χ3v) is 4.94. The standard InChI is InChI=1S/C20H17N5O2S/c1-25-18(10-16(24-25)13-5-7-15(27-2)8-6-13)19(26)23-20-22-17(12-28-20)14-4-3-9-21-11-14/h3-12H,1-2H3,(H,22,23,26). The lowest BCUT2D eigenvalue weighted by atomic mass is 10.1. The van der Waals surface area contributed by atoms with Crippen LogP contribution in [0.25, 0.3) is 22.5 Å². The number of anilines is 1. The van der Waals surface area contributed by atoms with E-state index in [0.717, 1.165) is 22.6 Å². The van der Waals surface area contributed by atoms with Crippen molar-refractivity contribution in [3.8, 4) is 28.3 Å². The summed E-state index contributed by atoms with van der Waals surface area (Å²) in [7, 11) is 3.36. The summed E-state index contributed by atoms with van der Waals surface area (Å²) in [4.78, 5) is 21.2. The summed E-state index contributed by atoms with van der Waals surface area (Å²) < 4.78 is 6.73. The Morgan fingerprint density at radius 1 is 1.14 bits per heavy atom. The second kappa shape index (κ2) is 7.61. The van der Waals surface area contributed by atoms with Gasteiger partial charge in [-0.1, -0.05) is 0 Å². The highest BCUT2D eigenvalue weighted by atomic mass is 32.1. The van der Waals surface area contributed by atoms with Crippen LogP contribution in [-0.2, 0) is 7.05 Å². The zero-order valence-corrected chi connectivity index (χ0v) is 16.1. The summed E-state index contributed by atoms with van der Waals surface area (Å²) in [5.74, 6) is 0.507. The van der Waals surface area contributed by atoms with E-state index in [1.54, 1.807) is 37.3 Å². The van der Waals surface area contributed by atoms with E-state index in [1.807, 2.05) is 41.8 Å². The number of benzene rings is 1. The molecule has 0 saturated heterocycles. The molecular weight excluding hydrogens is 374 g/mol. The largest absolute Gasteiger partial charge is 0.497 e. The van der Waals surface area contributed by atoms with E-state index < -0.39 is 0 Å². The van der Waals surface area contributed by atoms with Gasteiger partial charge in [-0.25, -0.2) is 4.98 Å². The highest BCUT2D eigenvalue weighted by Crippen LogP contribution is 2.25. The Bertz CT molecular complexity index is 1100. The fourth-order valence-corrected chi connectivity index (χ4v) is 3.44. The molecule has 0 aliphatic heterocycles. The number of aryl methyl sites for hydroxylation is 1. The monoisotopic (exact) mass is 391 g/mol. The average molecular weight is 391 g/mol. The van der Waals surface area contributed by atoms with Gasteiger partial charge in [-0.15, -0.1) is 11.3 Å². The average Bonchev–Trinajstić information content (AvgIpc) is 3.35. The van der Waals surface area contributed by atoms with Gasteiger partial charge in [0.25, 0.3) is 5.91 Å². The maximum atomic E-state index is 12.7. The molecule has 0 aliphatic carbocycles. The minimum atomic E-state index is -0.262. The minimum Gasteiger partial charge on any atom is -0.497 e. The number of thiazole rings is 1. The molecule has 1 amide bonds. The minimum absolute atomic E-state index is 0.262. The molecule has 140 valence electrons. The molecule has 28 heavy (non-hydrogen) atoms. The Morgan fingerprint density at radius 2 is 1.96 bits per heavy atom. The lowest BCUT2D eigenvalue weighted by Gasteiger charge is -2.01. The van der Waals surface area contributed by atoms with Gasteiger partial charge in [0.1, 0.15) is 11.4 Å². The summed E-state index contributed by atoms with van der Waals surface area (Å²) >= 11 is 1.37. The molecule has 1 N–H and O–H groups in total. The molecule has 7 nitrogen and oxygen atoms in total. The lowest BCUT2D eigenvalue weighted by molar-refractivity contribution is 0.101.